The predicted octanol–water partition coefficient (Wildman–Crippen LogP) is 3.01. The first kappa shape index (κ1) is 19.1. The third-order valence-corrected chi connectivity index (χ3v) is 8.38. The van der Waals surface area contributed by atoms with Crippen LogP contribution in [0.1, 0.15) is 73.6 Å². The summed E-state index contributed by atoms with van der Waals surface area (Å²) in [7, 11) is -2.27. The van der Waals surface area contributed by atoms with Gasteiger partial charge in [0.15, 0.2) is 0 Å². The Morgan fingerprint density at radius 3 is 1.81 bits per heavy atom. The van der Waals surface area contributed by atoms with E-state index in [0.717, 1.165) is 0 Å². The van der Waals surface area contributed by atoms with E-state index in [-0.39, 0.29) is 11.1 Å². The lowest BCUT2D eigenvalue weighted by Crippen LogP contribution is -2.75. The summed E-state index contributed by atoms with van der Waals surface area (Å²) in [5.41, 5.74) is 6.43. The lowest BCUT2D eigenvalue weighted by Gasteiger charge is -2.47. The van der Waals surface area contributed by atoms with Gasteiger partial charge in [0.25, 0.3) is 0 Å². The van der Waals surface area contributed by atoms with Crippen molar-refractivity contribution in [3.63, 3.8) is 0 Å². The van der Waals surface area contributed by atoms with Gasteiger partial charge in [-0.15, -0.1) is 0 Å². The smallest absolute Gasteiger partial charge is 0.355 e. The van der Waals surface area contributed by atoms with E-state index in [9.17, 15) is 0 Å². The zero-order valence-electron chi connectivity index (χ0n) is 15.0. The molecular formula is C16H37N3OSi. The topological polar surface area (TPSA) is 59.3 Å². The third kappa shape index (κ3) is 6.78. The van der Waals surface area contributed by atoms with E-state index in [1.807, 2.05) is 0 Å². The van der Waals surface area contributed by atoms with Crippen molar-refractivity contribution in [3.05, 3.63) is 0 Å². The minimum Gasteiger partial charge on any atom is -0.390 e. The predicted molar refractivity (Wildman–Crippen MR) is 93.4 cm³/mol. The fourth-order valence-electron chi connectivity index (χ4n) is 3.27. The molecule has 4 N–H and O–H groups in total. The van der Waals surface area contributed by atoms with Crippen molar-refractivity contribution < 1.29 is 4.43 Å². The van der Waals surface area contributed by atoms with Crippen molar-refractivity contribution in [1.29, 1.82) is 0 Å². The maximum absolute atomic E-state index is 6.46. The highest BCUT2D eigenvalue weighted by Crippen LogP contribution is 2.36. The molecule has 0 aromatic rings. The second-order valence-corrected chi connectivity index (χ2v) is 11.5. The maximum atomic E-state index is 6.46. The minimum atomic E-state index is -2.27. The molecule has 0 aromatic heterocycles. The van der Waals surface area contributed by atoms with Crippen LogP contribution in [0.3, 0.4) is 0 Å². The van der Waals surface area contributed by atoms with Gasteiger partial charge < -0.3 is 10.2 Å². The third-order valence-electron chi connectivity index (χ3n) is 3.75. The number of nitrogens with two attached hydrogens (primary N) is 1. The van der Waals surface area contributed by atoms with Crippen LogP contribution < -0.4 is 15.7 Å². The van der Waals surface area contributed by atoms with Crippen LogP contribution in [-0.4, -0.2) is 32.9 Å². The van der Waals surface area contributed by atoms with Gasteiger partial charge in [-0.3, -0.25) is 9.96 Å². The van der Waals surface area contributed by atoms with Gasteiger partial charge in [0.2, 0.25) is 0 Å². The van der Waals surface area contributed by atoms with E-state index in [4.69, 9.17) is 10.2 Å². The zero-order valence-corrected chi connectivity index (χ0v) is 16.0. The molecule has 0 amide bonds. The van der Waals surface area contributed by atoms with Crippen molar-refractivity contribution in [2.24, 2.45) is 5.73 Å². The van der Waals surface area contributed by atoms with E-state index in [1.54, 1.807) is 0 Å². The van der Waals surface area contributed by atoms with E-state index in [2.05, 4.69) is 51.5 Å². The Labute approximate surface area is 132 Å². The summed E-state index contributed by atoms with van der Waals surface area (Å²) in [6.07, 6.45) is 6.54. The number of nitrogens with one attached hydrogen (secondary N) is 2. The lowest BCUT2D eigenvalue weighted by molar-refractivity contribution is 0.237. The monoisotopic (exact) mass is 315 g/mol. The van der Waals surface area contributed by atoms with Gasteiger partial charge in [0, 0.05) is 29.8 Å². The van der Waals surface area contributed by atoms with Crippen molar-refractivity contribution in [3.8, 4) is 0 Å². The number of rotatable bonds is 6. The summed E-state index contributed by atoms with van der Waals surface area (Å²) in [6.45, 7) is 14.6. The lowest BCUT2D eigenvalue weighted by atomic mass is 10.0. The number of hydrogen-bond acceptors (Lipinski definition) is 4. The summed E-state index contributed by atoms with van der Waals surface area (Å²) < 4.78 is 6.46. The van der Waals surface area contributed by atoms with Gasteiger partial charge >= 0.3 is 8.64 Å². The highest BCUT2D eigenvalue weighted by Gasteiger charge is 2.49. The summed E-state index contributed by atoms with van der Waals surface area (Å²) in [5.74, 6) is 0. The molecule has 4 nitrogen and oxygen atoms in total. The molecule has 0 heterocycles. The van der Waals surface area contributed by atoms with Gasteiger partial charge in [-0.1, -0.05) is 19.3 Å². The fourth-order valence-corrected chi connectivity index (χ4v) is 8.01. The molecule has 0 radical (unpaired) electrons. The van der Waals surface area contributed by atoms with Gasteiger partial charge in [0.1, 0.15) is 0 Å². The van der Waals surface area contributed by atoms with Crippen LogP contribution in [0.15, 0.2) is 0 Å². The second-order valence-electron chi connectivity index (χ2n) is 8.46. The van der Waals surface area contributed by atoms with Crippen molar-refractivity contribution >= 4 is 8.64 Å². The molecular weight excluding hydrogens is 278 g/mol. The molecule has 0 atom stereocenters. The summed E-state index contributed by atoms with van der Waals surface area (Å²) in [4.78, 5) is 7.76. The maximum Gasteiger partial charge on any atom is 0.355 e. The Kier molecular flexibility index (Phi) is 6.87. The fraction of sp³-hybridized carbons (Fsp3) is 1.00. The van der Waals surface area contributed by atoms with Crippen molar-refractivity contribution in [2.75, 3.05) is 13.2 Å². The summed E-state index contributed by atoms with van der Waals surface area (Å²) in [6, 6.07) is 0. The Morgan fingerprint density at radius 2 is 1.43 bits per heavy atom. The molecule has 21 heavy (non-hydrogen) atoms. The van der Waals surface area contributed by atoms with Crippen LogP contribution in [0.5, 0.6) is 0 Å². The van der Waals surface area contributed by atoms with Crippen molar-refractivity contribution in [1.82, 2.24) is 9.96 Å². The molecule has 1 aliphatic rings. The van der Waals surface area contributed by atoms with Crippen molar-refractivity contribution in [2.45, 2.75) is 90.3 Å². The molecule has 1 fully saturated rings. The molecule has 5 heteroatoms. The minimum absolute atomic E-state index is 0.0382. The molecule has 0 aliphatic heterocycles. The summed E-state index contributed by atoms with van der Waals surface area (Å²) in [5, 5.41) is 0. The molecule has 0 spiro atoms. The Balaban J connectivity index is 3.04. The number of hydrogen-bond donors (Lipinski definition) is 3. The average molecular weight is 316 g/mol. The standard InChI is InChI=1S/C16H37N3OSi/c1-15(2,3)18-21(20-13-12-17,19-16(4,5)6)14-10-8-7-9-11-14/h14,18-19H,7-13,17H2,1-6H3. The second kappa shape index (κ2) is 7.55. The average Bonchev–Trinajstić information content (AvgIpc) is 2.33. The quantitative estimate of drug-likeness (QED) is 0.660. The molecule has 0 unspecified atom stereocenters. The Hall–Kier alpha value is 0.0569. The van der Waals surface area contributed by atoms with Crippen LogP contribution >= 0.6 is 0 Å². The van der Waals surface area contributed by atoms with Gasteiger partial charge in [-0.2, -0.15) is 0 Å². The van der Waals surface area contributed by atoms with Crippen LogP contribution in [0.4, 0.5) is 0 Å². The molecule has 0 aromatic carbocycles. The van der Waals surface area contributed by atoms with Gasteiger partial charge in [0.05, 0.1) is 0 Å². The van der Waals surface area contributed by atoms with Gasteiger partial charge in [-0.25, -0.2) is 0 Å². The first-order chi connectivity index (χ1) is 9.58. The van der Waals surface area contributed by atoms with Crippen LogP contribution in [-0.2, 0) is 4.43 Å². The molecule has 0 saturated heterocycles. The van der Waals surface area contributed by atoms with E-state index >= 15 is 0 Å². The molecule has 1 rings (SSSR count). The molecule has 1 aliphatic carbocycles. The van der Waals surface area contributed by atoms with Crippen LogP contribution in [0.25, 0.3) is 0 Å². The van der Waals surface area contributed by atoms with E-state index in [0.29, 0.717) is 18.7 Å². The highest BCUT2D eigenvalue weighted by atomic mass is 28.4. The van der Waals surface area contributed by atoms with Gasteiger partial charge in [-0.05, 0) is 54.4 Å². The molecule has 126 valence electrons. The van der Waals surface area contributed by atoms with Crippen LogP contribution in [0.2, 0.25) is 5.54 Å². The first-order valence-corrected chi connectivity index (χ1v) is 10.5. The Bertz CT molecular complexity index is 288. The zero-order chi connectivity index (χ0) is 16.1. The van der Waals surface area contributed by atoms with Crippen LogP contribution in [0, 0.1) is 0 Å². The Morgan fingerprint density at radius 1 is 0.952 bits per heavy atom. The van der Waals surface area contributed by atoms with E-state index < -0.39 is 8.64 Å². The van der Waals surface area contributed by atoms with E-state index in [1.165, 1.54) is 32.1 Å². The molecule has 1 saturated carbocycles. The summed E-state index contributed by atoms with van der Waals surface area (Å²) >= 11 is 0. The first-order valence-electron chi connectivity index (χ1n) is 8.51. The largest absolute Gasteiger partial charge is 0.390 e. The normalized spacial score (nSPS) is 19.0. The molecule has 0 bridgehead atoms. The highest BCUT2D eigenvalue weighted by molar-refractivity contribution is 6.70. The SMILES string of the molecule is CC(C)(C)N[Si](NC(C)(C)C)(OCCN)C1CCCCC1.